The first-order valence-electron chi connectivity index (χ1n) is 2.51. The van der Waals surface area contributed by atoms with Crippen LogP contribution in [0.25, 0.3) is 0 Å². The highest BCUT2D eigenvalue weighted by atomic mass is 16.5. The lowest BCUT2D eigenvalue weighted by molar-refractivity contribution is 0.393. The van der Waals surface area contributed by atoms with Crippen molar-refractivity contribution in [3.8, 4) is 5.88 Å². The molecule has 0 saturated heterocycles. The number of ether oxygens (including phenoxy) is 1. The Bertz CT molecular complexity index is 200. The number of hydrogen-bond donors (Lipinski definition) is 0. The zero-order chi connectivity index (χ0) is 6.69. The Morgan fingerprint density at radius 3 is 2.56 bits per heavy atom. The van der Waals surface area contributed by atoms with E-state index in [1.807, 2.05) is 0 Å². The van der Waals surface area contributed by atoms with Crippen LogP contribution in [0.3, 0.4) is 0 Å². The van der Waals surface area contributed by atoms with Crippen LogP contribution in [-0.4, -0.2) is 17.1 Å². The molecule has 3 heteroatoms. The fourth-order valence-corrected chi connectivity index (χ4v) is 0.525. The molecule has 9 heavy (non-hydrogen) atoms. The van der Waals surface area contributed by atoms with E-state index in [1.54, 1.807) is 19.5 Å². The summed E-state index contributed by atoms with van der Waals surface area (Å²) in [5.74, 6) is 0.484. The van der Waals surface area contributed by atoms with Crippen LogP contribution in [0.5, 0.6) is 5.88 Å². The third-order valence-corrected chi connectivity index (χ3v) is 0.929. The van der Waals surface area contributed by atoms with Crippen molar-refractivity contribution >= 4 is 0 Å². The minimum Gasteiger partial charge on any atom is -0.480 e. The van der Waals surface area contributed by atoms with Gasteiger partial charge in [0.1, 0.15) is 5.69 Å². The van der Waals surface area contributed by atoms with Crippen LogP contribution >= 0.6 is 0 Å². The van der Waals surface area contributed by atoms with Gasteiger partial charge in [-0.1, -0.05) is 0 Å². The Balaban J connectivity index is 3.01. The number of nitrogens with zero attached hydrogens (tertiary/aromatic N) is 2. The molecule has 1 rings (SSSR count). The van der Waals surface area contributed by atoms with Gasteiger partial charge in [-0.2, -0.15) is 0 Å². The predicted octanol–water partition coefficient (Wildman–Crippen LogP) is 0.667. The maximum Gasteiger partial charge on any atom is 0.235 e. The lowest BCUT2D eigenvalue weighted by Crippen LogP contribution is -1.91. The topological polar surface area (TPSA) is 35.0 Å². The van der Waals surface area contributed by atoms with Gasteiger partial charge in [0.2, 0.25) is 5.88 Å². The number of methoxy groups -OCH3 is 1. The Morgan fingerprint density at radius 1 is 1.44 bits per heavy atom. The predicted molar refractivity (Wildman–Crippen MR) is 33.0 cm³/mol. The van der Waals surface area contributed by atoms with Gasteiger partial charge in [0.25, 0.3) is 0 Å². The highest BCUT2D eigenvalue weighted by Gasteiger charge is 1.94. The molecule has 0 aliphatic rings. The molecule has 0 saturated carbocycles. The van der Waals surface area contributed by atoms with Crippen LogP contribution in [0, 0.1) is 6.92 Å². The highest BCUT2D eigenvalue weighted by molar-refractivity contribution is 5.19. The van der Waals surface area contributed by atoms with Crippen LogP contribution in [-0.2, 0) is 0 Å². The molecule has 0 spiro atoms. The molecule has 47 valence electrons. The average molecular weight is 123 g/mol. The fraction of sp³-hybridized carbons (Fsp3) is 0.167. The summed E-state index contributed by atoms with van der Waals surface area (Å²) < 4.78 is 4.81. The van der Waals surface area contributed by atoms with Crippen LogP contribution in [0.15, 0.2) is 12.4 Å². The second-order valence-corrected chi connectivity index (χ2v) is 1.51. The fourth-order valence-electron chi connectivity index (χ4n) is 0.525. The third-order valence-electron chi connectivity index (χ3n) is 0.929. The summed E-state index contributed by atoms with van der Waals surface area (Å²) in [5.41, 5.74) is 0.569. The molecule has 1 heterocycles. The van der Waals surface area contributed by atoms with E-state index in [0.717, 1.165) is 0 Å². The molecule has 0 aliphatic heterocycles. The third kappa shape index (κ3) is 1.16. The van der Waals surface area contributed by atoms with Crippen molar-refractivity contribution in [1.82, 2.24) is 9.97 Å². The monoisotopic (exact) mass is 123 g/mol. The SMILES string of the molecule is [CH2]c1nccnc1OC. The molecule has 0 N–H and O–H groups in total. The zero-order valence-electron chi connectivity index (χ0n) is 5.16. The summed E-state index contributed by atoms with van der Waals surface area (Å²) in [4.78, 5) is 7.70. The lowest BCUT2D eigenvalue weighted by atomic mass is 10.5. The van der Waals surface area contributed by atoms with Crippen molar-refractivity contribution in [2.75, 3.05) is 7.11 Å². The molecule has 1 aromatic rings. The quantitative estimate of drug-likeness (QED) is 0.550. The van der Waals surface area contributed by atoms with Crippen molar-refractivity contribution < 1.29 is 4.74 Å². The van der Waals surface area contributed by atoms with Gasteiger partial charge in [0.05, 0.1) is 7.11 Å². The maximum absolute atomic E-state index is 4.81. The van der Waals surface area contributed by atoms with E-state index in [1.165, 1.54) is 0 Å². The summed E-state index contributed by atoms with van der Waals surface area (Å²) in [6.45, 7) is 3.59. The maximum atomic E-state index is 4.81. The van der Waals surface area contributed by atoms with Gasteiger partial charge in [-0.15, -0.1) is 0 Å². The summed E-state index contributed by atoms with van der Waals surface area (Å²) in [5, 5.41) is 0. The number of hydrogen-bond acceptors (Lipinski definition) is 3. The summed E-state index contributed by atoms with van der Waals surface area (Å²) in [7, 11) is 1.54. The number of aromatic nitrogens is 2. The first-order chi connectivity index (χ1) is 4.34. The van der Waals surface area contributed by atoms with Crippen LogP contribution in [0.1, 0.15) is 5.69 Å². The van der Waals surface area contributed by atoms with Crippen LogP contribution in [0.4, 0.5) is 0 Å². The molecule has 0 amide bonds. The minimum absolute atomic E-state index is 0.484. The van der Waals surface area contributed by atoms with Gasteiger partial charge in [-0.3, -0.25) is 4.98 Å². The van der Waals surface area contributed by atoms with Gasteiger partial charge < -0.3 is 4.74 Å². The first-order valence-corrected chi connectivity index (χ1v) is 2.51. The van der Waals surface area contributed by atoms with Gasteiger partial charge in [0.15, 0.2) is 0 Å². The van der Waals surface area contributed by atoms with E-state index in [9.17, 15) is 0 Å². The Kier molecular flexibility index (Phi) is 1.63. The molecule has 0 bridgehead atoms. The van der Waals surface area contributed by atoms with E-state index in [4.69, 9.17) is 4.74 Å². The van der Waals surface area contributed by atoms with E-state index < -0.39 is 0 Å². The summed E-state index contributed by atoms with van der Waals surface area (Å²) in [6, 6.07) is 0. The second-order valence-electron chi connectivity index (χ2n) is 1.51. The molecule has 1 radical (unpaired) electrons. The van der Waals surface area contributed by atoms with E-state index in [0.29, 0.717) is 11.6 Å². The van der Waals surface area contributed by atoms with Crippen LogP contribution in [0.2, 0.25) is 0 Å². The van der Waals surface area contributed by atoms with E-state index in [2.05, 4.69) is 16.9 Å². The lowest BCUT2D eigenvalue weighted by Gasteiger charge is -1.97. The van der Waals surface area contributed by atoms with Gasteiger partial charge >= 0.3 is 0 Å². The van der Waals surface area contributed by atoms with Gasteiger partial charge in [-0.25, -0.2) is 4.98 Å². The van der Waals surface area contributed by atoms with Gasteiger partial charge in [0, 0.05) is 19.3 Å². The van der Waals surface area contributed by atoms with E-state index in [-0.39, 0.29) is 0 Å². The smallest absolute Gasteiger partial charge is 0.235 e. The summed E-state index contributed by atoms with van der Waals surface area (Å²) >= 11 is 0. The van der Waals surface area contributed by atoms with Crippen LogP contribution < -0.4 is 4.74 Å². The van der Waals surface area contributed by atoms with Crippen molar-refractivity contribution in [2.45, 2.75) is 0 Å². The molecular weight excluding hydrogens is 116 g/mol. The molecule has 0 atom stereocenters. The Morgan fingerprint density at radius 2 is 2.11 bits per heavy atom. The molecular formula is C6H7N2O. The number of rotatable bonds is 1. The van der Waals surface area contributed by atoms with Crippen molar-refractivity contribution in [3.63, 3.8) is 0 Å². The average Bonchev–Trinajstić information content (AvgIpc) is 1.89. The van der Waals surface area contributed by atoms with Crippen molar-refractivity contribution in [1.29, 1.82) is 0 Å². The zero-order valence-corrected chi connectivity index (χ0v) is 5.16. The molecule has 1 aromatic heterocycles. The minimum atomic E-state index is 0.484. The molecule has 3 nitrogen and oxygen atoms in total. The molecule has 0 unspecified atom stereocenters. The highest BCUT2D eigenvalue weighted by Crippen LogP contribution is 2.06. The normalized spacial score (nSPS) is 9.11. The van der Waals surface area contributed by atoms with E-state index >= 15 is 0 Å². The first kappa shape index (κ1) is 6.01. The Labute approximate surface area is 53.7 Å². The molecule has 0 aliphatic carbocycles. The Hall–Kier alpha value is -1.12. The largest absolute Gasteiger partial charge is 0.480 e. The molecule has 0 aromatic carbocycles. The van der Waals surface area contributed by atoms with Crippen molar-refractivity contribution in [3.05, 3.63) is 25.0 Å². The standard InChI is InChI=1S/C6H7N2O/c1-5-6(9-2)8-4-3-7-5/h3-4H,1H2,2H3. The summed E-state index contributed by atoms with van der Waals surface area (Å²) in [6.07, 6.45) is 3.14. The van der Waals surface area contributed by atoms with Crippen molar-refractivity contribution in [2.24, 2.45) is 0 Å². The molecule has 0 fully saturated rings. The van der Waals surface area contributed by atoms with Gasteiger partial charge in [-0.05, 0) is 0 Å². The second kappa shape index (κ2) is 2.44.